The number of aromatic nitrogens is 2. The molecule has 0 aliphatic heterocycles. The molecule has 0 saturated carbocycles. The van der Waals surface area contributed by atoms with Gasteiger partial charge < -0.3 is 12.4 Å². The van der Waals surface area contributed by atoms with E-state index in [1.54, 1.807) is 0 Å². The molecule has 1 aliphatic rings. The molecule has 0 fully saturated rings. The van der Waals surface area contributed by atoms with Gasteiger partial charge in [0.15, 0.2) is 0 Å². The van der Waals surface area contributed by atoms with Crippen LogP contribution in [0.4, 0.5) is 0 Å². The molecule has 0 saturated heterocycles. The Hall–Kier alpha value is -1.28. The smallest absolute Gasteiger partial charge is 0.241 e. The number of allylic oxidation sites excluding steroid dienone is 5. The number of imidazole rings is 1. The summed E-state index contributed by atoms with van der Waals surface area (Å²) < 4.78 is 2.29. The molecular weight excluding hydrogens is 352 g/mol. The highest BCUT2D eigenvalue weighted by molar-refractivity contribution is 5.20. The Labute approximate surface area is 173 Å². The summed E-state index contributed by atoms with van der Waals surface area (Å²) in [7, 11) is 0. The second kappa shape index (κ2) is 13.8. The fraction of sp³-hybridized carbons (Fsp3) is 0.625. The van der Waals surface area contributed by atoms with Gasteiger partial charge in [-0.05, 0) is 12.8 Å². The summed E-state index contributed by atoms with van der Waals surface area (Å²) in [4.78, 5) is 3.45. The molecule has 1 aliphatic carbocycles. The normalized spacial score (nSPS) is 18.4. The van der Waals surface area contributed by atoms with Gasteiger partial charge in [-0.3, -0.25) is 0 Å². The topological polar surface area (TPSA) is 19.7 Å². The third-order valence-corrected chi connectivity index (χ3v) is 5.59. The zero-order valence-corrected chi connectivity index (χ0v) is 18.0. The van der Waals surface area contributed by atoms with Crippen LogP contribution in [0.25, 0.3) is 0 Å². The molecule has 0 aromatic carbocycles. The summed E-state index contributed by atoms with van der Waals surface area (Å²) in [6.07, 6.45) is 31.4. The average molecular weight is 391 g/mol. The lowest BCUT2D eigenvalue weighted by molar-refractivity contribution is -0.704. The standard InChI is InChI=1S/C24H38N2.ClH/c1-3-5-6-7-8-9-10-11-12-14-17-23-20-26(22-25-23)21-24(4-2)18-15-13-16-19-24;/h4,13,15-16,18,20,22H,2-3,5-12,14,17,19,21H2,1H3;1H. The van der Waals surface area contributed by atoms with Crippen molar-refractivity contribution in [3.05, 3.63) is 55.2 Å². The molecule has 3 heteroatoms. The zero-order valence-electron chi connectivity index (χ0n) is 17.3. The molecule has 1 aromatic heterocycles. The van der Waals surface area contributed by atoms with Crippen LogP contribution in [0.5, 0.6) is 0 Å². The molecule has 0 spiro atoms. The van der Waals surface area contributed by atoms with E-state index in [-0.39, 0.29) is 17.8 Å². The Morgan fingerprint density at radius 1 is 1.04 bits per heavy atom. The monoisotopic (exact) mass is 390 g/mol. The molecule has 1 N–H and O–H groups in total. The number of H-pyrrole nitrogens is 1. The lowest BCUT2D eigenvalue weighted by atomic mass is 9.81. The molecule has 1 aromatic rings. The van der Waals surface area contributed by atoms with Gasteiger partial charge in [0, 0.05) is 11.8 Å². The molecule has 2 rings (SSSR count). The van der Waals surface area contributed by atoms with Gasteiger partial charge in [0.1, 0.15) is 18.4 Å². The summed E-state index contributed by atoms with van der Waals surface area (Å²) in [6, 6.07) is 0. The SMILES string of the molecule is C=CC1(C[n+]2c[nH]c(CCCCCCCCCCCC)c2)C=CC=CC1.[Cl-]. The van der Waals surface area contributed by atoms with Crippen molar-refractivity contribution >= 4 is 0 Å². The molecule has 27 heavy (non-hydrogen) atoms. The van der Waals surface area contributed by atoms with E-state index in [2.05, 4.69) is 66.0 Å². The molecule has 0 amide bonds. The van der Waals surface area contributed by atoms with E-state index < -0.39 is 0 Å². The van der Waals surface area contributed by atoms with Gasteiger partial charge in [-0.1, -0.05) is 95.1 Å². The first-order valence-electron chi connectivity index (χ1n) is 10.8. The van der Waals surface area contributed by atoms with Crippen LogP contribution in [0, 0.1) is 5.41 Å². The van der Waals surface area contributed by atoms with Gasteiger partial charge in [-0.25, -0.2) is 9.55 Å². The van der Waals surface area contributed by atoms with E-state index in [4.69, 9.17) is 0 Å². The number of nitrogens with zero attached hydrogens (tertiary/aromatic N) is 1. The highest BCUT2D eigenvalue weighted by Crippen LogP contribution is 2.29. The lowest BCUT2D eigenvalue weighted by Crippen LogP contribution is -3.00. The molecule has 0 radical (unpaired) electrons. The van der Waals surface area contributed by atoms with Gasteiger partial charge >= 0.3 is 0 Å². The predicted molar refractivity (Wildman–Crippen MR) is 112 cm³/mol. The first-order chi connectivity index (χ1) is 12.8. The van der Waals surface area contributed by atoms with Crippen molar-refractivity contribution in [2.75, 3.05) is 0 Å². The Kier molecular flexibility index (Phi) is 12.2. The van der Waals surface area contributed by atoms with Crippen LogP contribution in [0.3, 0.4) is 0 Å². The van der Waals surface area contributed by atoms with Crippen molar-refractivity contribution in [3.8, 4) is 0 Å². The lowest BCUT2D eigenvalue weighted by Gasteiger charge is -2.25. The maximum Gasteiger partial charge on any atom is 0.241 e. The maximum atomic E-state index is 4.06. The number of halogens is 1. The zero-order chi connectivity index (χ0) is 18.5. The molecule has 1 heterocycles. The van der Waals surface area contributed by atoms with E-state index in [0.29, 0.717) is 0 Å². The van der Waals surface area contributed by atoms with Crippen LogP contribution in [0.15, 0.2) is 49.5 Å². The molecule has 0 bridgehead atoms. The fourth-order valence-corrected chi connectivity index (χ4v) is 3.83. The van der Waals surface area contributed by atoms with E-state index in [1.165, 1.54) is 76.3 Å². The van der Waals surface area contributed by atoms with Crippen LogP contribution in [-0.2, 0) is 13.0 Å². The highest BCUT2D eigenvalue weighted by atomic mass is 35.5. The van der Waals surface area contributed by atoms with Crippen LogP contribution in [0.1, 0.15) is 83.2 Å². The van der Waals surface area contributed by atoms with Crippen LogP contribution >= 0.6 is 0 Å². The van der Waals surface area contributed by atoms with Gasteiger partial charge in [0.05, 0.1) is 0 Å². The van der Waals surface area contributed by atoms with Crippen LogP contribution in [0.2, 0.25) is 0 Å². The molecule has 152 valence electrons. The number of hydrogen-bond donors (Lipinski definition) is 1. The number of aryl methyl sites for hydroxylation is 1. The van der Waals surface area contributed by atoms with Crippen LogP contribution < -0.4 is 17.0 Å². The van der Waals surface area contributed by atoms with Gasteiger partial charge in [0.2, 0.25) is 6.33 Å². The molecule has 1 unspecified atom stereocenters. The van der Waals surface area contributed by atoms with Gasteiger partial charge in [0.25, 0.3) is 0 Å². The van der Waals surface area contributed by atoms with Gasteiger partial charge in [-0.2, -0.15) is 0 Å². The van der Waals surface area contributed by atoms with Crippen molar-refractivity contribution in [3.63, 3.8) is 0 Å². The average Bonchev–Trinajstić information content (AvgIpc) is 3.11. The number of hydrogen-bond acceptors (Lipinski definition) is 0. The number of rotatable bonds is 14. The summed E-state index contributed by atoms with van der Waals surface area (Å²) >= 11 is 0. The fourth-order valence-electron chi connectivity index (χ4n) is 3.83. The van der Waals surface area contributed by atoms with Crippen LogP contribution in [-0.4, -0.2) is 4.98 Å². The van der Waals surface area contributed by atoms with E-state index in [9.17, 15) is 0 Å². The van der Waals surface area contributed by atoms with Crippen molar-refractivity contribution < 1.29 is 17.0 Å². The quantitative estimate of drug-likeness (QED) is 0.285. The number of unbranched alkanes of at least 4 members (excludes halogenated alkanes) is 9. The third kappa shape index (κ3) is 8.97. The van der Waals surface area contributed by atoms with Gasteiger partial charge in [-0.15, -0.1) is 6.58 Å². The van der Waals surface area contributed by atoms with E-state index >= 15 is 0 Å². The minimum atomic E-state index is 0. The first-order valence-corrected chi connectivity index (χ1v) is 10.8. The molecule has 2 nitrogen and oxygen atoms in total. The van der Waals surface area contributed by atoms with Crippen molar-refractivity contribution in [2.45, 2.75) is 90.5 Å². The Bertz CT molecular complexity index is 573. The van der Waals surface area contributed by atoms with E-state index in [0.717, 1.165) is 13.0 Å². The predicted octanol–water partition coefficient (Wildman–Crippen LogP) is 3.46. The first kappa shape index (κ1) is 23.8. The minimum absolute atomic E-state index is 0. The van der Waals surface area contributed by atoms with E-state index in [1.807, 2.05) is 0 Å². The Morgan fingerprint density at radius 2 is 1.70 bits per heavy atom. The third-order valence-electron chi connectivity index (χ3n) is 5.59. The number of aromatic amines is 1. The Morgan fingerprint density at radius 3 is 2.30 bits per heavy atom. The summed E-state index contributed by atoms with van der Waals surface area (Å²) in [5, 5.41) is 0. The second-order valence-corrected chi connectivity index (χ2v) is 7.96. The Balaban J connectivity index is 0.00000364. The highest BCUT2D eigenvalue weighted by Gasteiger charge is 2.26. The van der Waals surface area contributed by atoms with Crippen molar-refractivity contribution in [2.24, 2.45) is 5.41 Å². The van der Waals surface area contributed by atoms with Crippen molar-refractivity contribution in [1.29, 1.82) is 0 Å². The largest absolute Gasteiger partial charge is 1.00 e. The maximum absolute atomic E-state index is 4.06. The van der Waals surface area contributed by atoms with Crippen molar-refractivity contribution in [1.82, 2.24) is 4.98 Å². The minimum Gasteiger partial charge on any atom is -1.00 e. The summed E-state index contributed by atoms with van der Waals surface area (Å²) in [5.74, 6) is 0. The molecule has 1 atom stereocenters. The summed E-state index contributed by atoms with van der Waals surface area (Å²) in [5.41, 5.74) is 1.43. The number of nitrogens with one attached hydrogen (secondary N) is 1. The second-order valence-electron chi connectivity index (χ2n) is 7.96. The molecular formula is C24H39ClN2. The summed E-state index contributed by atoms with van der Waals surface area (Å²) in [6.45, 7) is 7.31.